The maximum atomic E-state index is 10.9. The number of hydrogen-bond donors (Lipinski definition) is 5. The van der Waals surface area contributed by atoms with E-state index in [9.17, 15) is 20.4 Å². The Labute approximate surface area is 169 Å². The number of nitrogens with zero attached hydrogens (tertiary/aromatic N) is 4. The van der Waals surface area contributed by atoms with Gasteiger partial charge < -0.3 is 30.9 Å². The molecule has 1 aliphatic rings. The number of fused-ring (bicyclic) bond motifs is 1. The highest BCUT2D eigenvalue weighted by molar-refractivity contribution is 5.81. The third-order valence-electron chi connectivity index (χ3n) is 5.74. The zero-order valence-electron chi connectivity index (χ0n) is 16.7. The van der Waals surface area contributed by atoms with Crippen LogP contribution in [-0.4, -0.2) is 64.5 Å². The van der Waals surface area contributed by atoms with Gasteiger partial charge in [-0.1, -0.05) is 45.4 Å². The lowest BCUT2D eigenvalue weighted by atomic mass is 9.92. The SMILES string of the molecule is CCCCCCCCC[C@@]1(n2cnc3c(N)ncnc32)O[C@H](CO)[C@@H](O)C1(O)O. The normalized spacial score (nSPS) is 26.4. The molecule has 1 aliphatic heterocycles. The zero-order valence-corrected chi connectivity index (χ0v) is 16.7. The van der Waals surface area contributed by atoms with Gasteiger partial charge in [0.05, 0.1) is 12.9 Å². The minimum absolute atomic E-state index is 0.151. The maximum Gasteiger partial charge on any atom is 0.242 e. The van der Waals surface area contributed by atoms with Crippen LogP contribution in [0.3, 0.4) is 0 Å². The Morgan fingerprint density at radius 3 is 2.45 bits per heavy atom. The van der Waals surface area contributed by atoms with Crippen LogP contribution in [0.2, 0.25) is 0 Å². The van der Waals surface area contributed by atoms with Crippen LogP contribution in [0.5, 0.6) is 0 Å². The highest BCUT2D eigenvalue weighted by Crippen LogP contribution is 2.46. The van der Waals surface area contributed by atoms with Gasteiger partial charge in [0.2, 0.25) is 11.5 Å². The molecule has 0 aromatic carbocycles. The van der Waals surface area contributed by atoms with Crippen LogP contribution >= 0.6 is 0 Å². The molecule has 1 fully saturated rings. The van der Waals surface area contributed by atoms with Gasteiger partial charge in [0, 0.05) is 6.42 Å². The predicted octanol–water partition coefficient (Wildman–Crippen LogP) is 0.635. The first-order chi connectivity index (χ1) is 13.9. The van der Waals surface area contributed by atoms with Crippen LogP contribution in [0.1, 0.15) is 58.3 Å². The van der Waals surface area contributed by atoms with E-state index in [2.05, 4.69) is 21.9 Å². The van der Waals surface area contributed by atoms with Gasteiger partial charge in [0.1, 0.15) is 24.1 Å². The van der Waals surface area contributed by atoms with E-state index < -0.39 is 30.3 Å². The Morgan fingerprint density at radius 2 is 1.79 bits per heavy atom. The molecule has 10 heteroatoms. The summed E-state index contributed by atoms with van der Waals surface area (Å²) in [7, 11) is 0. The van der Waals surface area contributed by atoms with Gasteiger partial charge in [-0.25, -0.2) is 15.0 Å². The summed E-state index contributed by atoms with van der Waals surface area (Å²) in [5.41, 5.74) is 4.65. The third-order valence-corrected chi connectivity index (χ3v) is 5.74. The Bertz CT molecular complexity index is 813. The van der Waals surface area contributed by atoms with Crippen molar-refractivity contribution in [2.24, 2.45) is 0 Å². The van der Waals surface area contributed by atoms with Crippen molar-refractivity contribution in [1.29, 1.82) is 0 Å². The molecule has 0 unspecified atom stereocenters. The molecule has 0 amide bonds. The van der Waals surface area contributed by atoms with Crippen LogP contribution in [0.4, 0.5) is 5.82 Å². The molecule has 1 saturated heterocycles. The molecule has 0 saturated carbocycles. The van der Waals surface area contributed by atoms with Gasteiger partial charge in [-0.2, -0.15) is 0 Å². The number of nitrogen functional groups attached to an aromatic ring is 1. The summed E-state index contributed by atoms with van der Waals surface area (Å²) in [5, 5.41) is 41.8. The minimum atomic E-state index is -2.66. The van der Waals surface area contributed by atoms with Crippen LogP contribution < -0.4 is 5.73 Å². The van der Waals surface area contributed by atoms with Crippen molar-refractivity contribution < 1.29 is 25.2 Å². The molecule has 0 aliphatic carbocycles. The monoisotopic (exact) mass is 409 g/mol. The van der Waals surface area contributed by atoms with E-state index in [-0.39, 0.29) is 17.9 Å². The Morgan fingerprint density at radius 1 is 1.10 bits per heavy atom. The number of imidazole rings is 1. The number of rotatable bonds is 10. The number of aliphatic hydroxyl groups is 4. The summed E-state index contributed by atoms with van der Waals surface area (Å²) >= 11 is 0. The van der Waals surface area contributed by atoms with Crippen molar-refractivity contribution in [3.63, 3.8) is 0 Å². The molecule has 29 heavy (non-hydrogen) atoms. The number of aliphatic hydroxyl groups excluding tert-OH is 2. The summed E-state index contributed by atoms with van der Waals surface area (Å²) < 4.78 is 7.27. The molecule has 0 radical (unpaired) electrons. The maximum absolute atomic E-state index is 10.9. The van der Waals surface area contributed by atoms with E-state index in [1.807, 2.05) is 0 Å². The van der Waals surface area contributed by atoms with Crippen LogP contribution in [0.15, 0.2) is 12.7 Å². The van der Waals surface area contributed by atoms with Gasteiger partial charge in [0.15, 0.2) is 11.5 Å². The highest BCUT2D eigenvalue weighted by Gasteiger charge is 2.66. The van der Waals surface area contributed by atoms with Crippen molar-refractivity contribution in [1.82, 2.24) is 19.5 Å². The topological polar surface area (TPSA) is 160 Å². The smallest absolute Gasteiger partial charge is 0.242 e. The number of ether oxygens (including phenoxy) is 1. The van der Waals surface area contributed by atoms with Gasteiger partial charge in [-0.3, -0.25) is 4.57 Å². The molecule has 3 rings (SSSR count). The second kappa shape index (κ2) is 8.88. The van der Waals surface area contributed by atoms with Crippen molar-refractivity contribution in [2.75, 3.05) is 12.3 Å². The molecule has 10 nitrogen and oxygen atoms in total. The number of hydrogen-bond acceptors (Lipinski definition) is 9. The van der Waals surface area contributed by atoms with E-state index in [4.69, 9.17) is 10.5 Å². The Balaban J connectivity index is 1.89. The fraction of sp³-hybridized carbons (Fsp3) is 0.737. The first-order valence-corrected chi connectivity index (χ1v) is 10.2. The molecule has 162 valence electrons. The molecule has 2 aromatic heterocycles. The van der Waals surface area contributed by atoms with Crippen molar-refractivity contribution in [3.05, 3.63) is 12.7 Å². The first-order valence-electron chi connectivity index (χ1n) is 10.2. The van der Waals surface area contributed by atoms with Crippen LogP contribution in [0, 0.1) is 0 Å². The lowest BCUT2D eigenvalue weighted by molar-refractivity contribution is -0.302. The van der Waals surface area contributed by atoms with Gasteiger partial charge in [-0.05, 0) is 6.42 Å². The van der Waals surface area contributed by atoms with E-state index in [1.54, 1.807) is 0 Å². The van der Waals surface area contributed by atoms with Gasteiger partial charge in [-0.15, -0.1) is 0 Å². The van der Waals surface area contributed by atoms with Gasteiger partial charge in [0.25, 0.3) is 0 Å². The molecule has 0 spiro atoms. The second-order valence-electron chi connectivity index (χ2n) is 7.71. The number of anilines is 1. The average molecular weight is 409 g/mol. The molecular formula is C19H31N5O5. The first kappa shape index (κ1) is 21.8. The number of aromatic nitrogens is 4. The highest BCUT2D eigenvalue weighted by atomic mass is 16.6. The van der Waals surface area contributed by atoms with Gasteiger partial charge >= 0.3 is 0 Å². The molecule has 2 aromatic rings. The number of nitrogens with two attached hydrogens (primary N) is 1. The van der Waals surface area contributed by atoms with E-state index in [0.29, 0.717) is 11.9 Å². The zero-order chi connectivity index (χ0) is 21.1. The van der Waals surface area contributed by atoms with Crippen molar-refractivity contribution in [3.8, 4) is 0 Å². The van der Waals surface area contributed by atoms with Crippen LogP contribution in [-0.2, 0) is 10.5 Å². The molecule has 0 bridgehead atoms. The third kappa shape index (κ3) is 3.82. The lowest BCUT2D eigenvalue weighted by Gasteiger charge is -2.39. The fourth-order valence-electron chi connectivity index (χ4n) is 4.07. The average Bonchev–Trinajstić information content (AvgIpc) is 3.22. The van der Waals surface area contributed by atoms with Crippen LogP contribution in [0.25, 0.3) is 11.2 Å². The van der Waals surface area contributed by atoms with E-state index >= 15 is 0 Å². The molecule has 3 atom stereocenters. The van der Waals surface area contributed by atoms with E-state index in [0.717, 1.165) is 19.3 Å². The van der Waals surface area contributed by atoms with E-state index in [1.165, 1.54) is 36.5 Å². The number of unbranched alkanes of at least 4 members (excludes halogenated alkanes) is 6. The summed E-state index contributed by atoms with van der Waals surface area (Å²) in [6.45, 7) is 1.60. The molecule has 3 heterocycles. The summed E-state index contributed by atoms with van der Waals surface area (Å²) in [5.74, 6) is -2.51. The Kier molecular flexibility index (Phi) is 6.69. The van der Waals surface area contributed by atoms with Crippen molar-refractivity contribution >= 4 is 17.0 Å². The minimum Gasteiger partial charge on any atom is -0.394 e. The van der Waals surface area contributed by atoms with Crippen molar-refractivity contribution in [2.45, 2.75) is 82.0 Å². The standard InChI is InChI=1S/C19H31N5O5/c1-2-3-4-5-6-7-8-9-18(19(27,28)15(26)13(10-25)29-18)24-12-23-14-16(20)21-11-22-17(14)24/h11-13,15,25-28H,2-10H2,1H3,(H2,20,21,22)/t13-,15-,18-/m1/s1. The summed E-state index contributed by atoms with van der Waals surface area (Å²) in [6, 6.07) is 0. The predicted molar refractivity (Wildman–Crippen MR) is 105 cm³/mol. The second-order valence-corrected chi connectivity index (χ2v) is 7.71. The molecule has 6 N–H and O–H groups in total. The lowest BCUT2D eigenvalue weighted by Crippen LogP contribution is -2.57. The fourth-order valence-corrected chi connectivity index (χ4v) is 4.07. The largest absolute Gasteiger partial charge is 0.394 e. The molecular weight excluding hydrogens is 378 g/mol. The Hall–Kier alpha value is -1.85. The quantitative estimate of drug-likeness (QED) is 0.280. The summed E-state index contributed by atoms with van der Waals surface area (Å²) in [6.07, 6.45) is 7.12. The summed E-state index contributed by atoms with van der Waals surface area (Å²) in [4.78, 5) is 12.3.